The van der Waals surface area contributed by atoms with Crippen molar-refractivity contribution in [3.8, 4) is 0 Å². The third kappa shape index (κ3) is 3.81. The number of hydrogen-bond donors (Lipinski definition) is 0. The lowest BCUT2D eigenvalue weighted by molar-refractivity contribution is 0.0783. The minimum absolute atomic E-state index is 0.0213. The first-order valence-corrected chi connectivity index (χ1v) is 8.09. The highest BCUT2D eigenvalue weighted by atomic mass is 16.2. The van der Waals surface area contributed by atoms with Crippen LogP contribution in [0.5, 0.6) is 0 Å². The van der Waals surface area contributed by atoms with Crippen LogP contribution >= 0.6 is 0 Å². The van der Waals surface area contributed by atoms with E-state index < -0.39 is 0 Å². The first kappa shape index (κ1) is 17.3. The molecule has 0 N–H and O–H groups in total. The molecule has 0 aliphatic heterocycles. The van der Waals surface area contributed by atoms with Gasteiger partial charge < -0.3 is 4.90 Å². The highest BCUT2D eigenvalue weighted by Gasteiger charge is 2.27. The molecule has 0 saturated heterocycles. The van der Waals surface area contributed by atoms with E-state index in [0.29, 0.717) is 12.1 Å². The van der Waals surface area contributed by atoms with Gasteiger partial charge >= 0.3 is 0 Å². The van der Waals surface area contributed by atoms with E-state index in [9.17, 15) is 4.79 Å². The molecule has 0 spiro atoms. The van der Waals surface area contributed by atoms with Crippen molar-refractivity contribution in [3.63, 3.8) is 0 Å². The molecule has 0 saturated carbocycles. The zero-order chi connectivity index (χ0) is 17.2. The normalized spacial score (nSPS) is 11.8. The topological polar surface area (TPSA) is 38.1 Å². The Morgan fingerprint density at radius 1 is 1.22 bits per heavy atom. The number of carbonyl (C=O) groups is 1. The average Bonchev–Trinajstić information content (AvgIpc) is 2.92. The molecule has 0 bridgehead atoms. The molecule has 0 aliphatic carbocycles. The number of carbonyl (C=O) groups excluding carboxylic acids is 1. The predicted molar refractivity (Wildman–Crippen MR) is 93.6 cm³/mol. The minimum atomic E-state index is -0.143. The Balaban J connectivity index is 2.30. The first-order valence-electron chi connectivity index (χ1n) is 8.09. The van der Waals surface area contributed by atoms with E-state index in [1.165, 1.54) is 0 Å². The van der Waals surface area contributed by atoms with Crippen molar-refractivity contribution in [2.24, 2.45) is 0 Å². The fourth-order valence-corrected chi connectivity index (χ4v) is 2.75. The summed E-state index contributed by atoms with van der Waals surface area (Å²) in [6, 6.07) is 10.0. The molecule has 4 nitrogen and oxygen atoms in total. The molecular formula is C19H27N3O. The van der Waals surface area contributed by atoms with Crippen LogP contribution in [-0.4, -0.2) is 27.6 Å². The third-order valence-corrected chi connectivity index (χ3v) is 3.83. The predicted octanol–water partition coefficient (Wildman–Crippen LogP) is 4.03. The van der Waals surface area contributed by atoms with Crippen LogP contribution in [0.25, 0.3) is 0 Å². The Morgan fingerprint density at radius 2 is 1.83 bits per heavy atom. The Kier molecular flexibility index (Phi) is 4.93. The maximum absolute atomic E-state index is 12.9. The summed E-state index contributed by atoms with van der Waals surface area (Å²) in [6.45, 7) is 11.1. The summed E-state index contributed by atoms with van der Waals surface area (Å²) in [5.74, 6) is 0.258. The van der Waals surface area contributed by atoms with Gasteiger partial charge in [-0.3, -0.25) is 9.48 Å². The summed E-state index contributed by atoms with van der Waals surface area (Å²) in [6.07, 6.45) is 1.71. The summed E-state index contributed by atoms with van der Waals surface area (Å²) in [5.41, 5.74) is 2.68. The van der Waals surface area contributed by atoms with Crippen molar-refractivity contribution < 1.29 is 4.79 Å². The van der Waals surface area contributed by atoms with Crippen molar-refractivity contribution in [1.82, 2.24) is 14.7 Å². The largest absolute Gasteiger partial charge is 0.337 e. The minimum Gasteiger partial charge on any atom is -0.337 e. The number of aromatic nitrogens is 2. The monoisotopic (exact) mass is 313 g/mol. The van der Waals surface area contributed by atoms with Crippen LogP contribution in [0.1, 0.15) is 62.2 Å². The van der Waals surface area contributed by atoms with Crippen LogP contribution in [0.3, 0.4) is 0 Å². The van der Waals surface area contributed by atoms with Gasteiger partial charge in [-0.1, -0.05) is 44.2 Å². The quantitative estimate of drug-likeness (QED) is 0.854. The molecule has 124 valence electrons. The average molecular weight is 313 g/mol. The Morgan fingerprint density at radius 3 is 2.35 bits per heavy atom. The Labute approximate surface area is 139 Å². The second-order valence-corrected chi connectivity index (χ2v) is 7.33. The van der Waals surface area contributed by atoms with E-state index in [2.05, 4.69) is 39.7 Å². The third-order valence-electron chi connectivity index (χ3n) is 3.83. The van der Waals surface area contributed by atoms with Crippen LogP contribution in [0.2, 0.25) is 0 Å². The zero-order valence-electron chi connectivity index (χ0n) is 15.0. The smallest absolute Gasteiger partial charge is 0.257 e. The summed E-state index contributed by atoms with van der Waals surface area (Å²) >= 11 is 0. The van der Waals surface area contributed by atoms with Gasteiger partial charge in [0.2, 0.25) is 0 Å². The van der Waals surface area contributed by atoms with Crippen LogP contribution < -0.4 is 0 Å². The van der Waals surface area contributed by atoms with E-state index in [1.54, 1.807) is 11.1 Å². The Bertz CT molecular complexity index is 666. The van der Waals surface area contributed by atoms with Gasteiger partial charge in [-0.05, 0) is 32.3 Å². The number of rotatable bonds is 4. The maximum Gasteiger partial charge on any atom is 0.257 e. The fourth-order valence-electron chi connectivity index (χ4n) is 2.75. The van der Waals surface area contributed by atoms with Gasteiger partial charge in [-0.25, -0.2) is 0 Å². The van der Waals surface area contributed by atoms with Crippen LogP contribution in [0.15, 0.2) is 36.5 Å². The number of amides is 1. The van der Waals surface area contributed by atoms with Crippen LogP contribution in [0.4, 0.5) is 0 Å². The van der Waals surface area contributed by atoms with Crippen molar-refractivity contribution >= 4 is 5.91 Å². The molecule has 4 heteroatoms. The SMILES string of the molecule is CC(C)c1c(C(=O)N(C)Cc2ccccc2)cnn1C(C)(C)C. The van der Waals surface area contributed by atoms with Gasteiger partial charge in [0.05, 0.1) is 23.0 Å². The molecule has 0 radical (unpaired) electrons. The molecule has 0 atom stereocenters. The molecule has 1 heterocycles. The van der Waals surface area contributed by atoms with E-state index in [-0.39, 0.29) is 17.4 Å². The molecule has 2 aromatic rings. The molecule has 0 aliphatic rings. The maximum atomic E-state index is 12.9. The number of hydrogen-bond acceptors (Lipinski definition) is 2. The summed E-state index contributed by atoms with van der Waals surface area (Å²) in [5, 5.41) is 4.49. The Hall–Kier alpha value is -2.10. The molecule has 0 fully saturated rings. The second kappa shape index (κ2) is 6.57. The highest BCUT2D eigenvalue weighted by molar-refractivity contribution is 5.95. The van der Waals surface area contributed by atoms with E-state index in [1.807, 2.05) is 42.1 Å². The standard InChI is InChI=1S/C19H27N3O/c1-14(2)17-16(12-20-22(17)19(3,4)5)18(23)21(6)13-15-10-8-7-9-11-15/h7-12,14H,13H2,1-6H3. The van der Waals surface area contributed by atoms with Gasteiger partial charge in [0.25, 0.3) is 5.91 Å². The second-order valence-electron chi connectivity index (χ2n) is 7.33. The number of benzene rings is 1. The molecule has 2 rings (SSSR count). The lowest BCUT2D eigenvalue weighted by Crippen LogP contribution is -2.29. The van der Waals surface area contributed by atoms with E-state index in [0.717, 1.165) is 11.3 Å². The summed E-state index contributed by atoms with van der Waals surface area (Å²) < 4.78 is 1.97. The molecule has 0 unspecified atom stereocenters. The van der Waals surface area contributed by atoms with E-state index >= 15 is 0 Å². The lowest BCUT2D eigenvalue weighted by Gasteiger charge is -2.25. The van der Waals surface area contributed by atoms with Crippen LogP contribution in [0, 0.1) is 0 Å². The van der Waals surface area contributed by atoms with Crippen molar-refractivity contribution in [2.45, 2.75) is 52.6 Å². The zero-order valence-corrected chi connectivity index (χ0v) is 15.0. The van der Waals surface area contributed by atoms with Crippen molar-refractivity contribution in [2.75, 3.05) is 7.05 Å². The van der Waals surface area contributed by atoms with Crippen molar-refractivity contribution in [3.05, 3.63) is 53.3 Å². The molecular weight excluding hydrogens is 286 g/mol. The summed E-state index contributed by atoms with van der Waals surface area (Å²) in [7, 11) is 1.84. The summed E-state index contributed by atoms with van der Waals surface area (Å²) in [4.78, 5) is 14.6. The lowest BCUT2D eigenvalue weighted by atomic mass is 10.0. The van der Waals surface area contributed by atoms with Gasteiger partial charge in [-0.2, -0.15) is 5.10 Å². The molecule has 1 aromatic heterocycles. The molecule has 23 heavy (non-hydrogen) atoms. The first-order chi connectivity index (χ1) is 10.7. The van der Waals surface area contributed by atoms with Gasteiger partial charge in [0.1, 0.15) is 0 Å². The van der Waals surface area contributed by atoms with Gasteiger partial charge in [0.15, 0.2) is 0 Å². The highest BCUT2D eigenvalue weighted by Crippen LogP contribution is 2.26. The van der Waals surface area contributed by atoms with E-state index in [4.69, 9.17) is 0 Å². The van der Waals surface area contributed by atoms with Crippen LogP contribution in [-0.2, 0) is 12.1 Å². The fraction of sp³-hybridized carbons (Fsp3) is 0.474. The van der Waals surface area contributed by atoms with Gasteiger partial charge in [-0.15, -0.1) is 0 Å². The molecule has 1 amide bonds. The van der Waals surface area contributed by atoms with Crippen molar-refractivity contribution in [1.29, 1.82) is 0 Å². The van der Waals surface area contributed by atoms with Gasteiger partial charge in [0, 0.05) is 13.6 Å². The number of nitrogens with zero attached hydrogens (tertiary/aromatic N) is 3. The molecule has 1 aromatic carbocycles.